The van der Waals surface area contributed by atoms with E-state index in [-0.39, 0.29) is 23.5 Å². The van der Waals surface area contributed by atoms with Crippen molar-refractivity contribution in [2.45, 2.75) is 38.1 Å². The highest BCUT2D eigenvalue weighted by atomic mass is 79.9. The van der Waals surface area contributed by atoms with Crippen molar-refractivity contribution in [3.8, 4) is 5.75 Å². The molecule has 172 valence electrons. The molecule has 0 saturated carbocycles. The van der Waals surface area contributed by atoms with Crippen LogP contribution in [0, 0.1) is 13.8 Å². The Bertz CT molecular complexity index is 1310. The number of aryl methyl sites for hydroxylation is 2. The Labute approximate surface area is 202 Å². The Morgan fingerprint density at radius 3 is 2.52 bits per heavy atom. The van der Waals surface area contributed by atoms with Crippen molar-refractivity contribution in [2.24, 2.45) is 0 Å². The van der Waals surface area contributed by atoms with Crippen molar-refractivity contribution < 1.29 is 17.9 Å². The van der Waals surface area contributed by atoms with Crippen molar-refractivity contribution >= 4 is 43.2 Å². The summed E-state index contributed by atoms with van der Waals surface area (Å²) in [5, 5.41) is 0. The summed E-state index contributed by atoms with van der Waals surface area (Å²) in [6.07, 6.45) is 0.792. The molecule has 8 heteroatoms. The molecule has 0 spiro atoms. The van der Waals surface area contributed by atoms with Crippen molar-refractivity contribution in [1.82, 2.24) is 0 Å². The van der Waals surface area contributed by atoms with Gasteiger partial charge in [0, 0.05) is 21.9 Å². The van der Waals surface area contributed by atoms with Crippen LogP contribution >= 0.6 is 15.9 Å². The molecule has 6 nitrogen and oxygen atoms in total. The lowest BCUT2D eigenvalue weighted by Crippen LogP contribution is -2.39. The molecule has 0 bridgehead atoms. The highest BCUT2D eigenvalue weighted by molar-refractivity contribution is 9.10. The average molecular weight is 529 g/mol. The summed E-state index contributed by atoms with van der Waals surface area (Å²) < 4.78 is 34.9. The number of carbonyl (C=O) groups is 1. The monoisotopic (exact) mass is 528 g/mol. The molecular weight excluding hydrogens is 504 g/mol. The van der Waals surface area contributed by atoms with Crippen LogP contribution in [0.25, 0.3) is 0 Å². The zero-order valence-electron chi connectivity index (χ0n) is 18.6. The molecule has 4 rings (SSSR count). The minimum Gasteiger partial charge on any atom is -0.483 e. The Hall–Kier alpha value is -2.84. The molecular formula is C25H25BrN2O4S. The molecule has 1 atom stereocenters. The lowest BCUT2D eigenvalue weighted by atomic mass is 10.1. The van der Waals surface area contributed by atoms with Gasteiger partial charge in [-0.1, -0.05) is 33.6 Å². The number of halogens is 1. The maximum absolute atomic E-state index is 12.9. The molecule has 0 unspecified atom stereocenters. The number of hydrogen-bond acceptors (Lipinski definition) is 4. The summed E-state index contributed by atoms with van der Waals surface area (Å²) in [5.41, 5.74) is 4.20. The van der Waals surface area contributed by atoms with E-state index in [1.165, 1.54) is 6.07 Å². The van der Waals surface area contributed by atoms with Gasteiger partial charge in [0.25, 0.3) is 15.9 Å². The SMILES string of the molecule is Cc1ccc(NS(=O)(=O)c2ccc(OCC(=O)N3c4ccc(Br)cc4C[C@@H]3C)c(C)c2)cc1. The van der Waals surface area contributed by atoms with E-state index in [1.807, 2.05) is 44.2 Å². The molecule has 3 aromatic rings. The predicted octanol–water partition coefficient (Wildman–Crippen LogP) is 5.22. The molecule has 1 aliphatic heterocycles. The van der Waals surface area contributed by atoms with Gasteiger partial charge in [-0.15, -0.1) is 0 Å². The van der Waals surface area contributed by atoms with E-state index in [0.717, 1.165) is 27.7 Å². The number of benzene rings is 3. The molecule has 0 aliphatic carbocycles. The third kappa shape index (κ3) is 5.07. The Balaban J connectivity index is 1.45. The molecule has 1 N–H and O–H groups in total. The fourth-order valence-electron chi connectivity index (χ4n) is 3.98. The highest BCUT2D eigenvalue weighted by Crippen LogP contribution is 2.34. The maximum atomic E-state index is 12.9. The van der Waals surface area contributed by atoms with E-state index in [2.05, 4.69) is 20.7 Å². The molecule has 0 aromatic heterocycles. The van der Waals surface area contributed by atoms with Crippen molar-refractivity contribution in [3.63, 3.8) is 0 Å². The van der Waals surface area contributed by atoms with Crippen LogP contribution in [0.1, 0.15) is 23.6 Å². The van der Waals surface area contributed by atoms with Gasteiger partial charge in [-0.05, 0) is 86.8 Å². The van der Waals surface area contributed by atoms with Crippen LogP contribution in [0.4, 0.5) is 11.4 Å². The third-order valence-electron chi connectivity index (χ3n) is 5.64. The first-order valence-electron chi connectivity index (χ1n) is 10.6. The first-order valence-corrected chi connectivity index (χ1v) is 12.8. The topological polar surface area (TPSA) is 75.7 Å². The van der Waals surface area contributed by atoms with Crippen molar-refractivity contribution in [3.05, 3.63) is 81.8 Å². The van der Waals surface area contributed by atoms with Gasteiger partial charge in [0.1, 0.15) is 5.75 Å². The van der Waals surface area contributed by atoms with Gasteiger partial charge in [0.15, 0.2) is 6.61 Å². The number of carbonyl (C=O) groups excluding carboxylic acids is 1. The van der Waals surface area contributed by atoms with Crippen LogP contribution in [0.2, 0.25) is 0 Å². The normalized spacial score (nSPS) is 15.3. The number of amides is 1. The van der Waals surface area contributed by atoms with Crippen molar-refractivity contribution in [2.75, 3.05) is 16.2 Å². The Morgan fingerprint density at radius 2 is 1.82 bits per heavy atom. The number of anilines is 2. The smallest absolute Gasteiger partial charge is 0.265 e. The second-order valence-corrected chi connectivity index (χ2v) is 10.9. The zero-order chi connectivity index (χ0) is 23.8. The largest absolute Gasteiger partial charge is 0.483 e. The summed E-state index contributed by atoms with van der Waals surface area (Å²) in [4.78, 5) is 14.8. The van der Waals surface area contributed by atoms with E-state index in [9.17, 15) is 13.2 Å². The quantitative estimate of drug-likeness (QED) is 0.475. The van der Waals surface area contributed by atoms with Gasteiger partial charge >= 0.3 is 0 Å². The summed E-state index contributed by atoms with van der Waals surface area (Å²) in [6, 6.07) is 17.7. The maximum Gasteiger partial charge on any atom is 0.265 e. The summed E-state index contributed by atoms with van der Waals surface area (Å²) >= 11 is 3.48. The minimum atomic E-state index is -3.74. The molecule has 0 saturated heterocycles. The van der Waals surface area contributed by atoms with E-state index >= 15 is 0 Å². The van der Waals surface area contributed by atoms with Gasteiger partial charge in [-0.25, -0.2) is 8.42 Å². The summed E-state index contributed by atoms with van der Waals surface area (Å²) in [6.45, 7) is 5.58. The molecule has 3 aromatic carbocycles. The lowest BCUT2D eigenvalue weighted by molar-refractivity contribution is -0.120. The van der Waals surface area contributed by atoms with Crippen LogP contribution in [0.5, 0.6) is 5.75 Å². The van der Waals surface area contributed by atoms with Crippen LogP contribution in [-0.2, 0) is 21.2 Å². The number of fused-ring (bicyclic) bond motifs is 1. The second-order valence-electron chi connectivity index (χ2n) is 8.28. The van der Waals surface area contributed by atoms with E-state index in [4.69, 9.17) is 4.74 Å². The number of ether oxygens (including phenoxy) is 1. The van der Waals surface area contributed by atoms with Crippen LogP contribution in [-0.4, -0.2) is 27.0 Å². The summed E-state index contributed by atoms with van der Waals surface area (Å²) in [7, 11) is -3.74. The molecule has 33 heavy (non-hydrogen) atoms. The van der Waals surface area contributed by atoms with Gasteiger partial charge in [0.2, 0.25) is 0 Å². The van der Waals surface area contributed by atoms with Crippen LogP contribution in [0.15, 0.2) is 70.0 Å². The van der Waals surface area contributed by atoms with Gasteiger partial charge in [-0.2, -0.15) is 0 Å². The Morgan fingerprint density at radius 1 is 1.09 bits per heavy atom. The fraction of sp³-hybridized carbons (Fsp3) is 0.240. The van der Waals surface area contributed by atoms with Crippen LogP contribution in [0.3, 0.4) is 0 Å². The number of rotatable bonds is 6. The number of nitrogens with zero attached hydrogens (tertiary/aromatic N) is 1. The van der Waals surface area contributed by atoms with Gasteiger partial charge in [-0.3, -0.25) is 9.52 Å². The molecule has 0 radical (unpaired) electrons. The summed E-state index contributed by atoms with van der Waals surface area (Å²) in [5.74, 6) is 0.334. The van der Waals surface area contributed by atoms with Gasteiger partial charge < -0.3 is 9.64 Å². The van der Waals surface area contributed by atoms with Crippen molar-refractivity contribution in [1.29, 1.82) is 0 Å². The number of hydrogen-bond donors (Lipinski definition) is 1. The predicted molar refractivity (Wildman–Crippen MR) is 133 cm³/mol. The fourth-order valence-corrected chi connectivity index (χ4v) is 5.53. The van der Waals surface area contributed by atoms with E-state index in [0.29, 0.717) is 17.0 Å². The lowest BCUT2D eigenvalue weighted by Gasteiger charge is -2.23. The number of nitrogens with one attached hydrogen (secondary N) is 1. The highest BCUT2D eigenvalue weighted by Gasteiger charge is 2.31. The first-order chi connectivity index (χ1) is 15.6. The molecule has 1 heterocycles. The molecule has 1 amide bonds. The van der Waals surface area contributed by atoms with E-state index in [1.54, 1.807) is 36.1 Å². The number of sulfonamides is 1. The third-order valence-corrected chi connectivity index (χ3v) is 7.51. The standard InChI is InChI=1S/C25H25BrN2O4S/c1-16-4-7-21(8-5-16)27-33(30,31)22-9-11-24(17(2)12-22)32-15-25(29)28-18(3)13-19-14-20(26)6-10-23(19)28/h4-12,14,18,27H,13,15H2,1-3H3/t18-/m0/s1. The average Bonchev–Trinajstić information content (AvgIpc) is 3.08. The molecule has 1 aliphatic rings. The zero-order valence-corrected chi connectivity index (χ0v) is 21.0. The van der Waals surface area contributed by atoms with Crippen LogP contribution < -0.4 is 14.4 Å². The van der Waals surface area contributed by atoms with Gasteiger partial charge in [0.05, 0.1) is 4.90 Å². The first kappa shape index (κ1) is 23.3. The molecule has 0 fully saturated rings. The minimum absolute atomic E-state index is 0.0480. The Kier molecular flexibility index (Phi) is 6.50. The van der Waals surface area contributed by atoms with E-state index < -0.39 is 10.0 Å². The second kappa shape index (κ2) is 9.19.